The van der Waals surface area contributed by atoms with Gasteiger partial charge in [-0.1, -0.05) is 13.8 Å². The molecule has 0 aromatic carbocycles. The molecule has 19 heavy (non-hydrogen) atoms. The molecule has 0 spiro atoms. The molecule has 1 aromatic heterocycles. The maximum Gasteiger partial charge on any atom is 0.214 e. The fourth-order valence-electron chi connectivity index (χ4n) is 2.66. The van der Waals surface area contributed by atoms with E-state index in [2.05, 4.69) is 36.3 Å². The van der Waals surface area contributed by atoms with E-state index in [1.165, 1.54) is 31.2 Å². The van der Waals surface area contributed by atoms with Crippen molar-refractivity contribution in [3.63, 3.8) is 0 Å². The van der Waals surface area contributed by atoms with Gasteiger partial charge in [0.05, 0.1) is 0 Å². The van der Waals surface area contributed by atoms with Gasteiger partial charge in [0.25, 0.3) is 0 Å². The maximum atomic E-state index is 6.07. The highest BCUT2D eigenvalue weighted by Crippen LogP contribution is 2.27. The van der Waals surface area contributed by atoms with Gasteiger partial charge in [-0.2, -0.15) is 0 Å². The highest BCUT2D eigenvalue weighted by molar-refractivity contribution is 5.24. The Morgan fingerprint density at radius 2 is 2.00 bits per heavy atom. The van der Waals surface area contributed by atoms with Crippen molar-refractivity contribution in [1.29, 1.82) is 0 Å². The lowest BCUT2D eigenvalue weighted by Gasteiger charge is -2.26. The van der Waals surface area contributed by atoms with E-state index in [0.717, 1.165) is 30.6 Å². The standard InChI is InChI=1S/C16H26N2O/c1-4-17-11-14-9-13(3)18-16(10-14)19-15-7-5-12(2)6-8-15/h9-10,12,15,17H,4-8,11H2,1-3H3. The van der Waals surface area contributed by atoms with Crippen molar-refractivity contribution in [2.24, 2.45) is 5.92 Å². The Morgan fingerprint density at radius 1 is 1.26 bits per heavy atom. The first-order valence-electron chi connectivity index (χ1n) is 7.52. The molecular formula is C16H26N2O. The number of rotatable bonds is 5. The largest absolute Gasteiger partial charge is 0.474 e. The zero-order valence-corrected chi connectivity index (χ0v) is 12.4. The number of pyridine rings is 1. The lowest BCUT2D eigenvalue weighted by molar-refractivity contribution is 0.130. The van der Waals surface area contributed by atoms with Gasteiger partial charge in [-0.25, -0.2) is 4.98 Å². The molecule has 1 saturated carbocycles. The van der Waals surface area contributed by atoms with Crippen LogP contribution in [-0.4, -0.2) is 17.6 Å². The third-order valence-corrected chi connectivity index (χ3v) is 3.82. The Balaban J connectivity index is 1.97. The van der Waals surface area contributed by atoms with Gasteiger partial charge in [-0.05, 0) is 56.7 Å². The normalized spacial score (nSPS) is 23.3. The summed E-state index contributed by atoms with van der Waals surface area (Å²) in [6.45, 7) is 8.35. The lowest BCUT2D eigenvalue weighted by Crippen LogP contribution is -2.23. The molecule has 1 aliphatic rings. The molecule has 3 nitrogen and oxygen atoms in total. The van der Waals surface area contributed by atoms with Gasteiger partial charge in [-0.15, -0.1) is 0 Å². The fraction of sp³-hybridized carbons (Fsp3) is 0.688. The van der Waals surface area contributed by atoms with Gasteiger partial charge in [0.2, 0.25) is 5.88 Å². The van der Waals surface area contributed by atoms with Crippen LogP contribution >= 0.6 is 0 Å². The summed E-state index contributed by atoms with van der Waals surface area (Å²) in [5.41, 5.74) is 2.29. The number of hydrogen-bond acceptors (Lipinski definition) is 3. The van der Waals surface area contributed by atoms with Crippen molar-refractivity contribution in [3.05, 3.63) is 23.4 Å². The van der Waals surface area contributed by atoms with Crippen LogP contribution < -0.4 is 10.1 Å². The SMILES string of the molecule is CCNCc1cc(C)nc(OC2CCC(C)CC2)c1. The minimum absolute atomic E-state index is 0.359. The molecule has 0 bridgehead atoms. The van der Waals surface area contributed by atoms with Crippen LogP contribution in [0.25, 0.3) is 0 Å². The molecule has 3 heteroatoms. The predicted octanol–water partition coefficient (Wildman–Crippen LogP) is 3.46. The van der Waals surface area contributed by atoms with Crippen molar-refractivity contribution >= 4 is 0 Å². The quantitative estimate of drug-likeness (QED) is 0.882. The Bertz CT molecular complexity index is 398. The molecule has 0 saturated heterocycles. The maximum absolute atomic E-state index is 6.07. The van der Waals surface area contributed by atoms with Crippen molar-refractivity contribution in [1.82, 2.24) is 10.3 Å². The molecule has 1 aromatic rings. The summed E-state index contributed by atoms with van der Waals surface area (Å²) >= 11 is 0. The van der Waals surface area contributed by atoms with E-state index in [-0.39, 0.29) is 0 Å². The van der Waals surface area contributed by atoms with E-state index >= 15 is 0 Å². The summed E-state index contributed by atoms with van der Waals surface area (Å²) in [4.78, 5) is 4.51. The summed E-state index contributed by atoms with van der Waals surface area (Å²) in [6, 6.07) is 4.20. The second-order valence-electron chi connectivity index (χ2n) is 5.74. The van der Waals surface area contributed by atoms with Gasteiger partial charge in [0.1, 0.15) is 6.10 Å². The van der Waals surface area contributed by atoms with E-state index in [0.29, 0.717) is 6.10 Å². The second-order valence-corrected chi connectivity index (χ2v) is 5.74. The average molecular weight is 262 g/mol. The monoisotopic (exact) mass is 262 g/mol. The molecule has 2 rings (SSSR count). The molecule has 106 valence electrons. The third-order valence-electron chi connectivity index (χ3n) is 3.82. The van der Waals surface area contributed by atoms with E-state index in [4.69, 9.17) is 4.74 Å². The van der Waals surface area contributed by atoms with Crippen molar-refractivity contribution in [2.45, 2.75) is 59.1 Å². The first kappa shape index (κ1) is 14.3. The summed E-state index contributed by atoms with van der Waals surface area (Å²) in [5.74, 6) is 1.65. The first-order chi connectivity index (χ1) is 9.17. The fourth-order valence-corrected chi connectivity index (χ4v) is 2.66. The smallest absolute Gasteiger partial charge is 0.214 e. The van der Waals surface area contributed by atoms with E-state index < -0.39 is 0 Å². The van der Waals surface area contributed by atoms with Crippen LogP contribution in [0.15, 0.2) is 12.1 Å². The van der Waals surface area contributed by atoms with Crippen LogP contribution in [0.2, 0.25) is 0 Å². The van der Waals surface area contributed by atoms with Gasteiger partial charge >= 0.3 is 0 Å². The van der Waals surface area contributed by atoms with Crippen LogP contribution in [-0.2, 0) is 6.54 Å². The van der Waals surface area contributed by atoms with Crippen LogP contribution in [0.1, 0.15) is 50.8 Å². The third kappa shape index (κ3) is 4.50. The number of aromatic nitrogens is 1. The van der Waals surface area contributed by atoms with Crippen LogP contribution in [0, 0.1) is 12.8 Å². The van der Waals surface area contributed by atoms with Gasteiger partial charge < -0.3 is 10.1 Å². The minimum Gasteiger partial charge on any atom is -0.474 e. The van der Waals surface area contributed by atoms with Crippen LogP contribution in [0.5, 0.6) is 5.88 Å². The number of nitrogens with one attached hydrogen (secondary N) is 1. The van der Waals surface area contributed by atoms with Crippen LogP contribution in [0.3, 0.4) is 0 Å². The van der Waals surface area contributed by atoms with E-state index in [1.54, 1.807) is 0 Å². The molecule has 1 heterocycles. The Morgan fingerprint density at radius 3 is 2.68 bits per heavy atom. The van der Waals surface area contributed by atoms with Gasteiger partial charge in [0, 0.05) is 18.3 Å². The zero-order valence-electron chi connectivity index (χ0n) is 12.4. The highest BCUT2D eigenvalue weighted by atomic mass is 16.5. The molecule has 0 unspecified atom stereocenters. The molecule has 1 N–H and O–H groups in total. The molecular weight excluding hydrogens is 236 g/mol. The minimum atomic E-state index is 0.359. The van der Waals surface area contributed by atoms with E-state index in [9.17, 15) is 0 Å². The zero-order chi connectivity index (χ0) is 13.7. The molecule has 1 aliphatic carbocycles. The van der Waals surface area contributed by atoms with Gasteiger partial charge in [0.15, 0.2) is 0 Å². The first-order valence-corrected chi connectivity index (χ1v) is 7.52. The summed E-state index contributed by atoms with van der Waals surface area (Å²) in [5, 5.41) is 3.35. The van der Waals surface area contributed by atoms with Crippen LogP contribution in [0.4, 0.5) is 0 Å². The Labute approximate surface area is 116 Å². The number of hydrogen-bond donors (Lipinski definition) is 1. The molecule has 1 fully saturated rings. The summed E-state index contributed by atoms with van der Waals surface area (Å²) in [7, 11) is 0. The number of aryl methyl sites for hydroxylation is 1. The van der Waals surface area contributed by atoms with Crippen molar-refractivity contribution in [3.8, 4) is 5.88 Å². The lowest BCUT2D eigenvalue weighted by atomic mass is 9.89. The Hall–Kier alpha value is -1.09. The van der Waals surface area contributed by atoms with Crippen molar-refractivity contribution in [2.75, 3.05) is 6.54 Å². The topological polar surface area (TPSA) is 34.2 Å². The Kier molecular flexibility index (Phi) is 5.20. The second kappa shape index (κ2) is 6.90. The molecule has 0 amide bonds. The predicted molar refractivity (Wildman–Crippen MR) is 78.4 cm³/mol. The van der Waals surface area contributed by atoms with E-state index in [1.807, 2.05) is 6.92 Å². The molecule has 0 aliphatic heterocycles. The van der Waals surface area contributed by atoms with Crippen molar-refractivity contribution < 1.29 is 4.74 Å². The molecule has 0 atom stereocenters. The highest BCUT2D eigenvalue weighted by Gasteiger charge is 2.20. The summed E-state index contributed by atoms with van der Waals surface area (Å²) in [6.07, 6.45) is 5.25. The van der Waals surface area contributed by atoms with Gasteiger partial charge in [-0.3, -0.25) is 0 Å². The average Bonchev–Trinajstić information content (AvgIpc) is 2.38. The molecule has 0 radical (unpaired) electrons. The summed E-state index contributed by atoms with van der Waals surface area (Å²) < 4.78 is 6.07. The number of nitrogens with zero attached hydrogens (tertiary/aromatic N) is 1. The number of ether oxygens (including phenoxy) is 1.